The van der Waals surface area contributed by atoms with E-state index in [2.05, 4.69) is 6.07 Å². The van der Waals surface area contributed by atoms with Crippen molar-refractivity contribution in [1.29, 1.82) is 0 Å². The van der Waals surface area contributed by atoms with Crippen molar-refractivity contribution in [2.75, 3.05) is 7.11 Å². The van der Waals surface area contributed by atoms with Crippen LogP contribution in [0.1, 0.15) is 0 Å². The molecule has 1 nitrogen and oxygen atoms in total. The fraction of sp³-hybridized carbons (Fsp3) is 0.0909. The van der Waals surface area contributed by atoms with Gasteiger partial charge in [-0.3, -0.25) is 0 Å². The molecule has 0 aliphatic carbocycles. The zero-order valence-corrected chi connectivity index (χ0v) is 9.15. The lowest BCUT2D eigenvalue weighted by Gasteiger charge is -2.04. The Kier molecular flexibility index (Phi) is 2.75. The van der Waals surface area contributed by atoms with Crippen molar-refractivity contribution >= 4 is 22.9 Å². The van der Waals surface area contributed by atoms with Gasteiger partial charge in [-0.1, -0.05) is 17.7 Å². The number of hydrogen-bond acceptors (Lipinski definition) is 2. The molecule has 0 fully saturated rings. The van der Waals surface area contributed by atoms with Crippen molar-refractivity contribution in [1.82, 2.24) is 0 Å². The van der Waals surface area contributed by atoms with Gasteiger partial charge in [0.05, 0.1) is 12.1 Å². The maximum atomic E-state index is 5.90. The molecule has 0 aliphatic rings. The summed E-state index contributed by atoms with van der Waals surface area (Å²) in [6.45, 7) is 0. The molecule has 71 valence electrons. The van der Waals surface area contributed by atoms with Crippen LogP contribution in [-0.2, 0) is 0 Å². The molecule has 0 amide bonds. The third kappa shape index (κ3) is 1.76. The van der Waals surface area contributed by atoms with Gasteiger partial charge in [-0.25, -0.2) is 0 Å². The molecule has 0 saturated carbocycles. The van der Waals surface area contributed by atoms with Crippen molar-refractivity contribution in [3.8, 4) is 16.2 Å². The van der Waals surface area contributed by atoms with Crippen molar-refractivity contribution in [2.24, 2.45) is 0 Å². The summed E-state index contributed by atoms with van der Waals surface area (Å²) in [5, 5.41) is 2.62. The Morgan fingerprint density at radius 3 is 3.00 bits per heavy atom. The topological polar surface area (TPSA) is 9.23 Å². The smallest absolute Gasteiger partial charge is 0.138 e. The summed E-state index contributed by atoms with van der Waals surface area (Å²) in [5.74, 6) is 0.689. The lowest BCUT2D eigenvalue weighted by molar-refractivity contribution is 0.415. The first-order chi connectivity index (χ1) is 6.81. The highest BCUT2D eigenvalue weighted by molar-refractivity contribution is 7.13. The van der Waals surface area contributed by atoms with Crippen LogP contribution in [0.3, 0.4) is 0 Å². The summed E-state index contributed by atoms with van der Waals surface area (Å²) in [6, 6.07) is 10.8. The van der Waals surface area contributed by atoms with Crippen LogP contribution in [-0.4, -0.2) is 7.11 Å². The molecule has 0 spiro atoms. The predicted molar refractivity (Wildman–Crippen MR) is 60.2 cm³/mol. The van der Waals surface area contributed by atoms with E-state index in [1.807, 2.05) is 23.6 Å². The van der Waals surface area contributed by atoms with E-state index in [4.69, 9.17) is 16.3 Å². The standard InChI is InChI=1S/C11H8ClOS/c1-13-10-7-8(4-5-9(10)12)11-3-2-6-14-11/h2-3,5-7H,1H3. The van der Waals surface area contributed by atoms with Gasteiger partial charge >= 0.3 is 0 Å². The Morgan fingerprint density at radius 1 is 1.50 bits per heavy atom. The Labute approximate surface area is 91.9 Å². The average molecular weight is 224 g/mol. The van der Waals surface area contributed by atoms with Crippen LogP contribution in [0.25, 0.3) is 10.4 Å². The van der Waals surface area contributed by atoms with Crippen LogP contribution < -0.4 is 4.74 Å². The normalized spacial score (nSPS) is 10.1. The van der Waals surface area contributed by atoms with Crippen LogP contribution in [0, 0.1) is 6.07 Å². The monoisotopic (exact) mass is 223 g/mol. The minimum atomic E-state index is 0.591. The molecule has 14 heavy (non-hydrogen) atoms. The Hall–Kier alpha value is -0.990. The second-order valence-electron chi connectivity index (χ2n) is 2.74. The summed E-state index contributed by atoms with van der Waals surface area (Å²) in [6.07, 6.45) is 0. The van der Waals surface area contributed by atoms with E-state index in [0.717, 1.165) is 5.56 Å². The second-order valence-corrected chi connectivity index (χ2v) is 4.10. The van der Waals surface area contributed by atoms with Crippen LogP contribution in [0.5, 0.6) is 5.75 Å². The summed E-state index contributed by atoms with van der Waals surface area (Å²) in [7, 11) is 1.61. The Morgan fingerprint density at radius 2 is 2.36 bits per heavy atom. The van der Waals surface area contributed by atoms with Gasteiger partial charge in [0.1, 0.15) is 5.75 Å². The molecule has 0 N–H and O–H groups in total. The molecule has 0 aliphatic heterocycles. The molecule has 0 atom stereocenters. The van der Waals surface area contributed by atoms with Gasteiger partial charge in [-0.2, -0.15) is 0 Å². The first-order valence-electron chi connectivity index (χ1n) is 4.10. The van der Waals surface area contributed by atoms with E-state index in [9.17, 15) is 0 Å². The molecule has 0 saturated heterocycles. The lowest BCUT2D eigenvalue weighted by atomic mass is 10.2. The van der Waals surface area contributed by atoms with Crippen molar-refractivity contribution in [2.45, 2.75) is 0 Å². The van der Waals surface area contributed by atoms with Gasteiger partial charge < -0.3 is 4.74 Å². The number of benzene rings is 1. The number of ether oxygens (including phenoxy) is 1. The highest BCUT2D eigenvalue weighted by Crippen LogP contribution is 2.31. The minimum absolute atomic E-state index is 0.591. The second kappa shape index (κ2) is 4.03. The van der Waals surface area contributed by atoms with Crippen molar-refractivity contribution in [3.05, 3.63) is 40.7 Å². The third-order valence-electron chi connectivity index (χ3n) is 1.87. The molecule has 0 unspecified atom stereocenters. The zero-order valence-electron chi connectivity index (χ0n) is 7.58. The Balaban J connectivity index is 2.46. The van der Waals surface area contributed by atoms with Crippen LogP contribution in [0.2, 0.25) is 5.02 Å². The maximum Gasteiger partial charge on any atom is 0.138 e. The van der Waals surface area contributed by atoms with E-state index in [1.165, 1.54) is 4.88 Å². The van der Waals surface area contributed by atoms with Crippen LogP contribution in [0.15, 0.2) is 29.6 Å². The molecular formula is C11H8ClOS. The van der Waals surface area contributed by atoms with Crippen molar-refractivity contribution < 1.29 is 4.74 Å². The van der Waals surface area contributed by atoms with Crippen molar-refractivity contribution in [3.63, 3.8) is 0 Å². The summed E-state index contributed by atoms with van der Waals surface area (Å²) in [4.78, 5) is 1.17. The fourth-order valence-electron chi connectivity index (χ4n) is 1.18. The molecule has 1 aromatic heterocycles. The van der Waals surface area contributed by atoms with E-state index in [-0.39, 0.29) is 0 Å². The zero-order chi connectivity index (χ0) is 9.97. The van der Waals surface area contributed by atoms with Crippen LogP contribution >= 0.6 is 22.9 Å². The summed E-state index contributed by atoms with van der Waals surface area (Å²) < 4.78 is 5.14. The van der Waals surface area contributed by atoms with E-state index >= 15 is 0 Å². The first-order valence-corrected chi connectivity index (χ1v) is 5.36. The number of thiophene rings is 1. The van der Waals surface area contributed by atoms with Gasteiger partial charge in [0.2, 0.25) is 0 Å². The minimum Gasteiger partial charge on any atom is -0.495 e. The van der Waals surface area contributed by atoms with E-state index in [0.29, 0.717) is 10.8 Å². The molecule has 0 bridgehead atoms. The third-order valence-corrected chi connectivity index (χ3v) is 3.07. The van der Waals surface area contributed by atoms with Crippen LogP contribution in [0.4, 0.5) is 0 Å². The highest BCUT2D eigenvalue weighted by Gasteiger charge is 2.04. The SMILES string of the molecule is COc1cc(-c2cccs2)[c]cc1Cl. The highest BCUT2D eigenvalue weighted by atomic mass is 35.5. The Bertz CT molecular complexity index is 423. The largest absolute Gasteiger partial charge is 0.495 e. The molecular weight excluding hydrogens is 216 g/mol. The van der Waals surface area contributed by atoms with Gasteiger partial charge in [-0.05, 0) is 29.6 Å². The van der Waals surface area contributed by atoms with Gasteiger partial charge in [0.25, 0.3) is 0 Å². The average Bonchev–Trinajstić information content (AvgIpc) is 2.71. The number of methoxy groups -OCH3 is 1. The lowest BCUT2D eigenvalue weighted by Crippen LogP contribution is -1.84. The molecule has 1 aromatic carbocycles. The molecule has 1 radical (unpaired) electrons. The fourth-order valence-corrected chi connectivity index (χ4v) is 2.08. The predicted octanol–water partition coefficient (Wildman–Crippen LogP) is 3.88. The summed E-state index contributed by atoms with van der Waals surface area (Å²) >= 11 is 7.58. The van der Waals surface area contributed by atoms with Gasteiger partial charge in [-0.15, -0.1) is 11.3 Å². The van der Waals surface area contributed by atoms with Gasteiger partial charge in [0.15, 0.2) is 0 Å². The molecule has 2 rings (SSSR count). The molecule has 2 aromatic rings. The number of rotatable bonds is 2. The van der Waals surface area contributed by atoms with Gasteiger partial charge in [0, 0.05) is 10.4 Å². The summed E-state index contributed by atoms with van der Waals surface area (Å²) in [5.41, 5.74) is 1.02. The quantitative estimate of drug-likeness (QED) is 0.751. The molecule has 3 heteroatoms. The van der Waals surface area contributed by atoms with E-state index in [1.54, 1.807) is 24.5 Å². The first kappa shape index (κ1) is 9.56. The maximum absolute atomic E-state index is 5.90. The number of halogens is 1. The number of hydrogen-bond donors (Lipinski definition) is 0. The van der Waals surface area contributed by atoms with E-state index < -0.39 is 0 Å². The molecule has 1 heterocycles.